The molecule has 0 amide bonds. The van der Waals surface area contributed by atoms with Crippen LogP contribution in [0.2, 0.25) is 0 Å². The summed E-state index contributed by atoms with van der Waals surface area (Å²) in [5.74, 6) is 0.408. The van der Waals surface area contributed by atoms with Crippen LogP contribution in [0.3, 0.4) is 0 Å². The van der Waals surface area contributed by atoms with Gasteiger partial charge in [-0.3, -0.25) is 4.99 Å². The molecule has 0 aliphatic carbocycles. The van der Waals surface area contributed by atoms with Crippen molar-refractivity contribution in [1.29, 1.82) is 0 Å². The smallest absolute Gasteiger partial charge is 0.113 e. The fourth-order valence-corrected chi connectivity index (χ4v) is 4.76. The standard InChI is InChI=1S/C27H37N7/c1-6-20-15-27(33-13-11-21(12-14-33)32(4)5)23(19(2)3)16-25(20)29-18-22(17-28)34-26-10-8-7-9-24(26)30-31-34/h7-10,15-19,21H,6,11-14,28H2,1-5H3/b22-17-,29-18?. The highest BCUT2D eigenvalue weighted by molar-refractivity contribution is 6.05. The van der Waals surface area contributed by atoms with E-state index in [-0.39, 0.29) is 0 Å². The molecule has 0 spiro atoms. The number of para-hydroxylation sites is 1. The minimum atomic E-state index is 0.408. The number of rotatable bonds is 7. The lowest BCUT2D eigenvalue weighted by molar-refractivity contribution is 0.249. The van der Waals surface area contributed by atoms with Gasteiger partial charge >= 0.3 is 0 Å². The number of aryl methyl sites for hydroxylation is 1. The van der Waals surface area contributed by atoms with Gasteiger partial charge in [0, 0.05) is 31.0 Å². The summed E-state index contributed by atoms with van der Waals surface area (Å²) < 4.78 is 1.73. The first-order chi connectivity index (χ1) is 16.4. The molecular formula is C27H37N7. The number of allylic oxidation sites excluding steroid dienone is 1. The molecule has 0 bridgehead atoms. The summed E-state index contributed by atoms with van der Waals surface area (Å²) in [5, 5.41) is 8.52. The third-order valence-electron chi connectivity index (χ3n) is 6.87. The van der Waals surface area contributed by atoms with Gasteiger partial charge in [-0.1, -0.05) is 38.1 Å². The van der Waals surface area contributed by atoms with Crippen molar-refractivity contribution in [2.24, 2.45) is 10.7 Å². The van der Waals surface area contributed by atoms with E-state index in [1.165, 1.54) is 35.9 Å². The van der Waals surface area contributed by atoms with Gasteiger partial charge in [-0.25, -0.2) is 4.68 Å². The van der Waals surface area contributed by atoms with E-state index in [2.05, 4.69) is 67.1 Å². The van der Waals surface area contributed by atoms with Crippen LogP contribution in [0.15, 0.2) is 47.6 Å². The van der Waals surface area contributed by atoms with Crippen LogP contribution in [0, 0.1) is 0 Å². The topological polar surface area (TPSA) is 75.6 Å². The Kier molecular flexibility index (Phi) is 7.32. The predicted molar refractivity (Wildman–Crippen MR) is 143 cm³/mol. The van der Waals surface area contributed by atoms with Gasteiger partial charge in [-0.05, 0) is 74.7 Å². The van der Waals surface area contributed by atoms with Crippen molar-refractivity contribution < 1.29 is 0 Å². The maximum absolute atomic E-state index is 5.97. The summed E-state index contributed by atoms with van der Waals surface area (Å²) >= 11 is 0. The Labute approximate surface area is 202 Å². The van der Waals surface area contributed by atoms with E-state index in [1.807, 2.05) is 24.3 Å². The number of aromatic nitrogens is 3. The van der Waals surface area contributed by atoms with Crippen LogP contribution in [-0.4, -0.2) is 59.3 Å². The van der Waals surface area contributed by atoms with Gasteiger partial charge in [-0.15, -0.1) is 5.10 Å². The lowest BCUT2D eigenvalue weighted by atomic mass is 9.94. The summed E-state index contributed by atoms with van der Waals surface area (Å²) in [6.07, 6.45) is 6.63. The van der Waals surface area contributed by atoms with E-state index >= 15 is 0 Å². The third kappa shape index (κ3) is 4.85. The highest BCUT2D eigenvalue weighted by atomic mass is 15.4. The number of fused-ring (bicyclic) bond motifs is 1. The Bertz CT molecular complexity index is 1180. The minimum Gasteiger partial charge on any atom is -0.403 e. The molecule has 3 aromatic rings. The minimum absolute atomic E-state index is 0.408. The van der Waals surface area contributed by atoms with Crippen molar-refractivity contribution in [2.45, 2.75) is 52.0 Å². The molecule has 1 saturated heterocycles. The maximum Gasteiger partial charge on any atom is 0.113 e. The lowest BCUT2D eigenvalue weighted by Crippen LogP contribution is -2.42. The SMILES string of the molecule is CCc1cc(N2CCC(N(C)C)CC2)c(C(C)C)cc1N=C/C(=C/N)n1nnc2ccccc21. The Hall–Kier alpha value is -3.19. The van der Waals surface area contributed by atoms with Gasteiger partial charge in [0.25, 0.3) is 0 Å². The Morgan fingerprint density at radius 2 is 1.94 bits per heavy atom. The van der Waals surface area contributed by atoms with Crippen LogP contribution in [0.1, 0.15) is 50.7 Å². The van der Waals surface area contributed by atoms with Gasteiger partial charge in [0.15, 0.2) is 0 Å². The molecule has 1 aliphatic rings. The molecule has 7 nitrogen and oxygen atoms in total. The first-order valence-electron chi connectivity index (χ1n) is 12.3. The van der Waals surface area contributed by atoms with E-state index < -0.39 is 0 Å². The molecule has 2 N–H and O–H groups in total. The molecule has 2 heterocycles. The molecule has 2 aromatic carbocycles. The molecule has 0 unspecified atom stereocenters. The quantitative estimate of drug-likeness (QED) is 0.513. The van der Waals surface area contributed by atoms with E-state index in [4.69, 9.17) is 10.7 Å². The van der Waals surface area contributed by atoms with Crippen LogP contribution in [0.5, 0.6) is 0 Å². The van der Waals surface area contributed by atoms with E-state index in [0.29, 0.717) is 17.7 Å². The second-order valence-corrected chi connectivity index (χ2v) is 9.57. The van der Waals surface area contributed by atoms with Crippen LogP contribution >= 0.6 is 0 Å². The second-order valence-electron chi connectivity index (χ2n) is 9.57. The monoisotopic (exact) mass is 459 g/mol. The molecule has 1 fully saturated rings. The number of hydrogen-bond donors (Lipinski definition) is 1. The Morgan fingerprint density at radius 3 is 2.59 bits per heavy atom. The first kappa shape index (κ1) is 24.0. The Balaban J connectivity index is 1.65. The normalized spacial score (nSPS) is 16.0. The van der Waals surface area contributed by atoms with Crippen LogP contribution in [0.4, 0.5) is 11.4 Å². The van der Waals surface area contributed by atoms with Crippen molar-refractivity contribution >= 4 is 34.3 Å². The van der Waals surface area contributed by atoms with Crippen molar-refractivity contribution in [3.63, 3.8) is 0 Å². The molecule has 34 heavy (non-hydrogen) atoms. The van der Waals surface area contributed by atoms with Gasteiger partial charge in [0.1, 0.15) is 11.2 Å². The van der Waals surface area contributed by atoms with Crippen molar-refractivity contribution in [3.8, 4) is 0 Å². The van der Waals surface area contributed by atoms with E-state index in [9.17, 15) is 0 Å². The van der Waals surface area contributed by atoms with E-state index in [1.54, 1.807) is 10.9 Å². The maximum atomic E-state index is 5.97. The number of nitrogens with zero attached hydrogens (tertiary/aromatic N) is 6. The first-order valence-corrected chi connectivity index (χ1v) is 12.3. The third-order valence-corrected chi connectivity index (χ3v) is 6.87. The Morgan fingerprint density at radius 1 is 1.21 bits per heavy atom. The number of aliphatic imine (C=N–C) groups is 1. The molecule has 7 heteroatoms. The summed E-state index contributed by atoms with van der Waals surface area (Å²) in [6.45, 7) is 8.90. The van der Waals surface area contributed by atoms with Crippen LogP contribution in [0.25, 0.3) is 16.7 Å². The number of nitrogens with two attached hydrogens (primary N) is 1. The van der Waals surface area contributed by atoms with Gasteiger partial charge in [0.2, 0.25) is 0 Å². The molecule has 4 rings (SSSR count). The summed E-state index contributed by atoms with van der Waals surface area (Å²) in [7, 11) is 4.38. The van der Waals surface area contributed by atoms with Crippen molar-refractivity contribution in [1.82, 2.24) is 19.9 Å². The largest absolute Gasteiger partial charge is 0.403 e. The van der Waals surface area contributed by atoms with Crippen LogP contribution in [-0.2, 0) is 6.42 Å². The average molecular weight is 460 g/mol. The second kappa shape index (κ2) is 10.4. The number of piperidine rings is 1. The average Bonchev–Trinajstić information content (AvgIpc) is 3.28. The summed E-state index contributed by atoms with van der Waals surface area (Å²) in [6, 6.07) is 13.1. The van der Waals surface area contributed by atoms with Crippen molar-refractivity contribution in [2.75, 3.05) is 32.1 Å². The van der Waals surface area contributed by atoms with Crippen LogP contribution < -0.4 is 10.6 Å². The zero-order valence-electron chi connectivity index (χ0n) is 21.1. The molecule has 1 aromatic heterocycles. The highest BCUT2D eigenvalue weighted by Crippen LogP contribution is 2.36. The zero-order valence-corrected chi connectivity index (χ0v) is 21.1. The van der Waals surface area contributed by atoms with E-state index in [0.717, 1.165) is 36.2 Å². The highest BCUT2D eigenvalue weighted by Gasteiger charge is 2.24. The fourth-order valence-electron chi connectivity index (χ4n) is 4.76. The number of benzene rings is 2. The molecular weight excluding hydrogens is 422 g/mol. The number of hydrogen-bond acceptors (Lipinski definition) is 6. The zero-order chi connectivity index (χ0) is 24.2. The molecule has 0 saturated carbocycles. The van der Waals surface area contributed by atoms with Gasteiger partial charge in [0.05, 0.1) is 17.4 Å². The summed E-state index contributed by atoms with van der Waals surface area (Å²) in [4.78, 5) is 9.81. The predicted octanol–water partition coefficient (Wildman–Crippen LogP) is 4.81. The van der Waals surface area contributed by atoms with Gasteiger partial charge < -0.3 is 15.5 Å². The molecule has 180 valence electrons. The summed E-state index contributed by atoms with van der Waals surface area (Å²) in [5.41, 5.74) is 13.3. The lowest BCUT2D eigenvalue weighted by Gasteiger charge is -2.38. The molecule has 0 atom stereocenters. The molecule has 0 radical (unpaired) electrons. The van der Waals surface area contributed by atoms with Gasteiger partial charge in [-0.2, -0.15) is 0 Å². The van der Waals surface area contributed by atoms with Crippen molar-refractivity contribution in [3.05, 3.63) is 53.7 Å². The fraction of sp³-hybridized carbons (Fsp3) is 0.444. The number of anilines is 1. The molecule has 1 aliphatic heterocycles.